The van der Waals surface area contributed by atoms with Gasteiger partial charge in [-0.3, -0.25) is 4.99 Å². The van der Waals surface area contributed by atoms with Crippen molar-refractivity contribution in [1.29, 1.82) is 0 Å². The second-order valence-corrected chi connectivity index (χ2v) is 8.21. The summed E-state index contributed by atoms with van der Waals surface area (Å²) in [5.74, 6) is 1.13. The number of hydrogen-bond donors (Lipinski definition) is 1. The highest BCUT2D eigenvalue weighted by Crippen LogP contribution is 2.13. The molecular weight excluding hydrogens is 511 g/mol. The fourth-order valence-electron chi connectivity index (χ4n) is 2.95. The van der Waals surface area contributed by atoms with Gasteiger partial charge in [-0.1, -0.05) is 5.16 Å². The molecule has 1 saturated heterocycles. The highest BCUT2D eigenvalue weighted by molar-refractivity contribution is 14.0. The topological polar surface area (TPSA) is 113 Å². The third-order valence-electron chi connectivity index (χ3n) is 4.42. The minimum atomic E-state index is -3.42. The fraction of sp³-hybridized carbons (Fsp3) is 0.471. The molecule has 0 radical (unpaired) electrons. The lowest BCUT2D eigenvalue weighted by atomic mass is 10.2. The second kappa shape index (κ2) is 10.7. The second-order valence-electron chi connectivity index (χ2n) is 6.24. The summed E-state index contributed by atoms with van der Waals surface area (Å²) in [5.41, 5.74) is 1.43. The van der Waals surface area contributed by atoms with Gasteiger partial charge in [0.1, 0.15) is 12.0 Å². The lowest BCUT2D eigenvalue weighted by Crippen LogP contribution is -2.53. The molecule has 1 fully saturated rings. The monoisotopic (exact) mass is 536 g/mol. The predicted octanol–water partition coefficient (Wildman–Crippen LogP) is 0.919. The molecule has 29 heavy (non-hydrogen) atoms. The maximum absolute atomic E-state index is 12.5. The summed E-state index contributed by atoms with van der Waals surface area (Å²) in [5, 5.41) is 6.98. The maximum atomic E-state index is 12.5. The lowest BCUT2D eigenvalue weighted by molar-refractivity contribution is 0.259. The molecule has 1 aliphatic heterocycles. The summed E-state index contributed by atoms with van der Waals surface area (Å²) in [6, 6.07) is 5.32. The van der Waals surface area contributed by atoms with Crippen LogP contribution in [0.25, 0.3) is 0 Å². The van der Waals surface area contributed by atoms with Crippen molar-refractivity contribution in [2.24, 2.45) is 4.99 Å². The largest absolute Gasteiger partial charge is 0.481 e. The number of aliphatic imine (C=N–C) groups is 1. The van der Waals surface area contributed by atoms with Crippen molar-refractivity contribution >= 4 is 40.0 Å². The molecule has 1 aliphatic rings. The van der Waals surface area contributed by atoms with Crippen LogP contribution in [0, 0.1) is 0 Å². The molecule has 2 aromatic heterocycles. The molecule has 0 atom stereocenters. The van der Waals surface area contributed by atoms with E-state index in [4.69, 9.17) is 9.26 Å². The van der Waals surface area contributed by atoms with E-state index < -0.39 is 10.0 Å². The van der Waals surface area contributed by atoms with E-state index in [0.717, 1.165) is 11.5 Å². The van der Waals surface area contributed by atoms with E-state index >= 15 is 0 Å². The Hall–Kier alpha value is -1.93. The summed E-state index contributed by atoms with van der Waals surface area (Å²) in [6.07, 6.45) is 3.06. The molecule has 0 bridgehead atoms. The highest BCUT2D eigenvalue weighted by Gasteiger charge is 2.28. The van der Waals surface area contributed by atoms with Crippen molar-refractivity contribution in [2.75, 3.05) is 40.3 Å². The minimum absolute atomic E-state index is 0. The normalized spacial score (nSPS) is 15.7. The molecule has 1 N–H and O–H groups in total. The van der Waals surface area contributed by atoms with Crippen LogP contribution in [0.4, 0.5) is 0 Å². The molecule has 3 rings (SSSR count). The van der Waals surface area contributed by atoms with Crippen molar-refractivity contribution in [2.45, 2.75) is 12.3 Å². The van der Waals surface area contributed by atoms with Crippen molar-refractivity contribution in [3.8, 4) is 5.88 Å². The molecule has 0 spiro atoms. The van der Waals surface area contributed by atoms with Gasteiger partial charge in [0.2, 0.25) is 15.9 Å². The summed E-state index contributed by atoms with van der Waals surface area (Å²) in [6.45, 7) is 2.46. The molecule has 0 saturated carbocycles. The first-order valence-corrected chi connectivity index (χ1v) is 10.4. The van der Waals surface area contributed by atoms with Crippen LogP contribution in [0.15, 0.2) is 40.2 Å². The highest BCUT2D eigenvalue weighted by atomic mass is 127. The van der Waals surface area contributed by atoms with Crippen LogP contribution in [-0.2, 0) is 22.3 Å². The van der Waals surface area contributed by atoms with Crippen LogP contribution in [0.1, 0.15) is 11.3 Å². The van der Waals surface area contributed by atoms with Crippen molar-refractivity contribution in [3.63, 3.8) is 0 Å². The van der Waals surface area contributed by atoms with E-state index in [1.165, 1.54) is 10.6 Å². The fourth-order valence-corrected chi connectivity index (χ4v) is 4.38. The average Bonchev–Trinajstić information content (AvgIpc) is 3.21. The number of methoxy groups -OCH3 is 1. The maximum Gasteiger partial charge on any atom is 0.220 e. The van der Waals surface area contributed by atoms with E-state index in [9.17, 15) is 8.42 Å². The van der Waals surface area contributed by atoms with E-state index in [0.29, 0.717) is 44.3 Å². The van der Waals surface area contributed by atoms with Crippen LogP contribution < -0.4 is 10.1 Å². The van der Waals surface area contributed by atoms with Gasteiger partial charge in [0.15, 0.2) is 5.96 Å². The Morgan fingerprint density at radius 2 is 2.07 bits per heavy atom. The van der Waals surface area contributed by atoms with Gasteiger partial charge in [0.25, 0.3) is 0 Å². The standard InChI is InChI=1S/C17H24N6O4S.HI/c1-18-17(20-12-14-3-5-19-16(11-14)26-2)22-6-8-23(9-7-22)28(24,25)13-15-4-10-27-21-15;/h3-5,10-11H,6-9,12-13H2,1-2H3,(H,18,20);1H. The van der Waals surface area contributed by atoms with Gasteiger partial charge in [0.05, 0.1) is 12.8 Å². The molecule has 0 aromatic carbocycles. The number of aromatic nitrogens is 2. The van der Waals surface area contributed by atoms with Crippen LogP contribution in [0.3, 0.4) is 0 Å². The molecule has 0 amide bonds. The number of ether oxygens (including phenoxy) is 1. The van der Waals surface area contributed by atoms with Gasteiger partial charge >= 0.3 is 0 Å². The van der Waals surface area contributed by atoms with Crippen molar-refractivity contribution in [3.05, 3.63) is 41.9 Å². The van der Waals surface area contributed by atoms with E-state index in [1.807, 2.05) is 17.0 Å². The molecule has 3 heterocycles. The van der Waals surface area contributed by atoms with E-state index in [2.05, 4.69) is 20.4 Å². The number of sulfonamides is 1. The van der Waals surface area contributed by atoms with E-state index in [1.54, 1.807) is 26.4 Å². The average molecular weight is 536 g/mol. The van der Waals surface area contributed by atoms with Crippen LogP contribution in [0.2, 0.25) is 0 Å². The Labute approximate surface area is 187 Å². The van der Waals surface area contributed by atoms with Crippen molar-refractivity contribution in [1.82, 2.24) is 24.7 Å². The Bertz CT molecular complexity index is 898. The molecule has 0 aliphatic carbocycles. The molecule has 2 aromatic rings. The van der Waals surface area contributed by atoms with Gasteiger partial charge in [-0.25, -0.2) is 13.4 Å². The molecular formula is C17H25IN6O4S. The number of piperazine rings is 1. The van der Waals surface area contributed by atoms with Crippen molar-refractivity contribution < 1.29 is 17.7 Å². The third-order valence-corrected chi connectivity index (χ3v) is 6.24. The van der Waals surface area contributed by atoms with Crippen LogP contribution in [0.5, 0.6) is 5.88 Å². The number of guanidine groups is 1. The summed E-state index contributed by atoms with van der Waals surface area (Å²) >= 11 is 0. The number of pyridine rings is 1. The first kappa shape index (κ1) is 23.3. The minimum Gasteiger partial charge on any atom is -0.481 e. The lowest BCUT2D eigenvalue weighted by Gasteiger charge is -2.35. The zero-order valence-corrected chi connectivity index (χ0v) is 19.5. The molecule has 12 heteroatoms. The number of rotatable bonds is 6. The zero-order valence-electron chi connectivity index (χ0n) is 16.3. The zero-order chi connectivity index (χ0) is 20.0. The number of nitrogens with one attached hydrogen (secondary N) is 1. The van der Waals surface area contributed by atoms with Gasteiger partial charge < -0.3 is 19.5 Å². The number of hydrogen-bond acceptors (Lipinski definition) is 7. The first-order chi connectivity index (χ1) is 13.5. The predicted molar refractivity (Wildman–Crippen MR) is 119 cm³/mol. The van der Waals surface area contributed by atoms with Gasteiger partial charge in [-0.05, 0) is 11.6 Å². The SMILES string of the molecule is CN=C(NCc1ccnc(OC)c1)N1CCN(S(=O)(=O)Cc2ccon2)CC1.I. The Balaban J connectivity index is 0.00000300. The Morgan fingerprint density at radius 3 is 2.69 bits per heavy atom. The summed E-state index contributed by atoms with van der Waals surface area (Å²) in [4.78, 5) is 10.4. The Morgan fingerprint density at radius 1 is 1.31 bits per heavy atom. The molecule has 10 nitrogen and oxygen atoms in total. The van der Waals surface area contributed by atoms with Gasteiger partial charge in [-0.15, -0.1) is 24.0 Å². The quantitative estimate of drug-likeness (QED) is 0.330. The van der Waals surface area contributed by atoms with Crippen LogP contribution >= 0.6 is 24.0 Å². The summed E-state index contributed by atoms with van der Waals surface area (Å²) in [7, 11) is -0.133. The third kappa shape index (κ3) is 6.27. The Kier molecular flexibility index (Phi) is 8.64. The van der Waals surface area contributed by atoms with Crippen LogP contribution in [-0.4, -0.2) is 74.1 Å². The molecule has 160 valence electrons. The summed E-state index contributed by atoms with van der Waals surface area (Å²) < 4.78 is 36.4. The van der Waals surface area contributed by atoms with E-state index in [-0.39, 0.29) is 29.7 Å². The first-order valence-electron chi connectivity index (χ1n) is 8.83. The van der Waals surface area contributed by atoms with Gasteiger partial charge in [0, 0.05) is 58.1 Å². The van der Waals surface area contributed by atoms with Gasteiger partial charge in [-0.2, -0.15) is 4.31 Å². The number of nitrogens with zero attached hydrogens (tertiary/aromatic N) is 5. The smallest absolute Gasteiger partial charge is 0.220 e. The number of halogens is 1. The molecule has 0 unspecified atom stereocenters.